The van der Waals surface area contributed by atoms with E-state index >= 15 is 0 Å². The van der Waals surface area contributed by atoms with Gasteiger partial charge in [0.1, 0.15) is 0 Å². The molecule has 0 atom stereocenters. The summed E-state index contributed by atoms with van der Waals surface area (Å²) in [5.41, 5.74) is 3.63. The number of hydrogen-bond donors (Lipinski definition) is 1. The van der Waals surface area contributed by atoms with Crippen LogP contribution in [0.1, 0.15) is 61.0 Å². The van der Waals surface area contributed by atoms with E-state index in [0.717, 1.165) is 35.9 Å². The van der Waals surface area contributed by atoms with Gasteiger partial charge in [0.2, 0.25) is 0 Å². The fourth-order valence-electron chi connectivity index (χ4n) is 2.67. The molecule has 0 amide bonds. The fraction of sp³-hybridized carbons (Fsp3) is 0.471. The minimum absolute atomic E-state index is 0.393. The van der Waals surface area contributed by atoms with Crippen LogP contribution in [0.2, 0.25) is 0 Å². The molecule has 2 rings (SSSR count). The molecule has 1 aromatic carbocycles. The van der Waals surface area contributed by atoms with Gasteiger partial charge in [-0.15, -0.1) is 0 Å². The number of aromatic nitrogens is 1. The first-order valence-corrected chi connectivity index (χ1v) is 7.32. The third-order valence-corrected chi connectivity index (χ3v) is 3.86. The number of benzene rings is 1. The van der Waals surface area contributed by atoms with Crippen LogP contribution in [0.3, 0.4) is 0 Å². The highest BCUT2D eigenvalue weighted by Crippen LogP contribution is 2.30. The number of fused-ring (bicyclic) bond motifs is 1. The van der Waals surface area contributed by atoms with E-state index in [4.69, 9.17) is 0 Å². The number of nitrogens with zero attached hydrogens (tertiary/aromatic N) is 1. The Morgan fingerprint density at radius 3 is 2.60 bits per heavy atom. The standard InChI is InChI=1S/C17H23NO2/c1-5-6-7-18-10-15(11(2)3)14-9-13(17(19)20)12(4)8-16(14)18/h8-11H,5-7H2,1-4H3,(H,19,20). The van der Waals surface area contributed by atoms with Crippen LogP contribution in [0.15, 0.2) is 18.3 Å². The Bertz CT molecular complexity index is 638. The molecule has 0 saturated heterocycles. The van der Waals surface area contributed by atoms with Gasteiger partial charge in [-0.3, -0.25) is 0 Å². The Morgan fingerprint density at radius 1 is 1.35 bits per heavy atom. The smallest absolute Gasteiger partial charge is 0.335 e. The largest absolute Gasteiger partial charge is 0.478 e. The molecule has 20 heavy (non-hydrogen) atoms. The molecule has 0 aliphatic rings. The molecule has 0 unspecified atom stereocenters. The van der Waals surface area contributed by atoms with E-state index in [0.29, 0.717) is 11.5 Å². The molecule has 0 radical (unpaired) electrons. The summed E-state index contributed by atoms with van der Waals surface area (Å²) in [7, 11) is 0. The van der Waals surface area contributed by atoms with Crippen molar-refractivity contribution in [2.75, 3.05) is 0 Å². The summed E-state index contributed by atoms with van der Waals surface area (Å²) in [5, 5.41) is 10.4. The Labute approximate surface area is 120 Å². The summed E-state index contributed by atoms with van der Waals surface area (Å²) in [6.07, 6.45) is 4.49. The van der Waals surface area contributed by atoms with Crippen molar-refractivity contribution in [3.05, 3.63) is 35.0 Å². The predicted octanol–water partition coefficient (Wildman–Crippen LogP) is 4.57. The summed E-state index contributed by atoms with van der Waals surface area (Å²) < 4.78 is 2.27. The molecule has 0 fully saturated rings. The molecule has 0 saturated carbocycles. The molecule has 3 nitrogen and oxygen atoms in total. The second-order valence-electron chi connectivity index (χ2n) is 5.78. The highest BCUT2D eigenvalue weighted by Gasteiger charge is 2.16. The van der Waals surface area contributed by atoms with E-state index in [2.05, 4.69) is 31.5 Å². The average molecular weight is 273 g/mol. The monoisotopic (exact) mass is 273 g/mol. The van der Waals surface area contributed by atoms with Crippen LogP contribution in [0, 0.1) is 6.92 Å². The number of aryl methyl sites for hydroxylation is 2. The summed E-state index contributed by atoms with van der Waals surface area (Å²) in [4.78, 5) is 11.3. The van der Waals surface area contributed by atoms with E-state index in [1.54, 1.807) is 0 Å². The van der Waals surface area contributed by atoms with Gasteiger partial charge in [0.15, 0.2) is 0 Å². The van der Waals surface area contributed by atoms with Crippen LogP contribution in [-0.4, -0.2) is 15.6 Å². The van der Waals surface area contributed by atoms with Crippen LogP contribution >= 0.6 is 0 Å². The van der Waals surface area contributed by atoms with Crippen LogP contribution in [0.5, 0.6) is 0 Å². The molecule has 0 aliphatic carbocycles. The van der Waals surface area contributed by atoms with Gasteiger partial charge in [0, 0.05) is 23.6 Å². The lowest BCUT2D eigenvalue weighted by Gasteiger charge is -2.07. The van der Waals surface area contributed by atoms with Crippen molar-refractivity contribution in [2.45, 2.75) is 53.0 Å². The molecule has 1 N–H and O–H groups in total. The Balaban J connectivity index is 2.66. The summed E-state index contributed by atoms with van der Waals surface area (Å²) in [5.74, 6) is -0.454. The summed E-state index contributed by atoms with van der Waals surface area (Å²) >= 11 is 0. The SMILES string of the molecule is CCCCn1cc(C(C)C)c2cc(C(=O)O)c(C)cc21. The normalized spacial score (nSPS) is 11.4. The number of carboxylic acid groups (broad SMARTS) is 1. The molecular formula is C17H23NO2. The van der Waals surface area contributed by atoms with Gasteiger partial charge in [-0.1, -0.05) is 27.2 Å². The minimum atomic E-state index is -0.847. The van der Waals surface area contributed by atoms with Crippen LogP contribution in [0.25, 0.3) is 10.9 Å². The topological polar surface area (TPSA) is 42.2 Å². The van der Waals surface area contributed by atoms with E-state index in [1.165, 1.54) is 5.56 Å². The first-order chi connectivity index (χ1) is 9.45. The minimum Gasteiger partial charge on any atom is -0.478 e. The zero-order chi connectivity index (χ0) is 14.9. The molecule has 0 bridgehead atoms. The maximum Gasteiger partial charge on any atom is 0.335 e. The quantitative estimate of drug-likeness (QED) is 0.867. The van der Waals surface area contributed by atoms with Crippen molar-refractivity contribution in [1.29, 1.82) is 0 Å². The average Bonchev–Trinajstić information content (AvgIpc) is 2.73. The first-order valence-electron chi connectivity index (χ1n) is 7.32. The van der Waals surface area contributed by atoms with Gasteiger partial charge in [-0.05, 0) is 42.5 Å². The second kappa shape index (κ2) is 5.70. The molecule has 1 heterocycles. The van der Waals surface area contributed by atoms with Crippen molar-refractivity contribution < 1.29 is 9.90 Å². The van der Waals surface area contributed by atoms with Gasteiger partial charge >= 0.3 is 5.97 Å². The zero-order valence-corrected chi connectivity index (χ0v) is 12.7. The van der Waals surface area contributed by atoms with Gasteiger partial charge in [0.05, 0.1) is 5.56 Å². The van der Waals surface area contributed by atoms with Crippen molar-refractivity contribution in [3.63, 3.8) is 0 Å². The van der Waals surface area contributed by atoms with Gasteiger partial charge < -0.3 is 9.67 Å². The number of unbranched alkanes of at least 4 members (excludes halogenated alkanes) is 1. The zero-order valence-electron chi connectivity index (χ0n) is 12.7. The number of rotatable bonds is 5. The van der Waals surface area contributed by atoms with E-state index in [1.807, 2.05) is 19.1 Å². The van der Waals surface area contributed by atoms with Gasteiger partial charge in [-0.25, -0.2) is 4.79 Å². The number of carboxylic acids is 1. The lowest BCUT2D eigenvalue weighted by molar-refractivity contribution is 0.0696. The van der Waals surface area contributed by atoms with E-state index < -0.39 is 5.97 Å². The molecule has 1 aromatic heterocycles. The Morgan fingerprint density at radius 2 is 2.05 bits per heavy atom. The van der Waals surface area contributed by atoms with Crippen molar-refractivity contribution in [1.82, 2.24) is 4.57 Å². The van der Waals surface area contributed by atoms with Crippen molar-refractivity contribution >= 4 is 16.9 Å². The van der Waals surface area contributed by atoms with Crippen molar-refractivity contribution in [2.24, 2.45) is 0 Å². The second-order valence-corrected chi connectivity index (χ2v) is 5.78. The molecular weight excluding hydrogens is 250 g/mol. The third kappa shape index (κ3) is 2.58. The highest BCUT2D eigenvalue weighted by atomic mass is 16.4. The molecule has 2 aromatic rings. The Kier molecular flexibility index (Phi) is 4.17. The highest BCUT2D eigenvalue weighted by molar-refractivity contribution is 5.96. The molecule has 3 heteroatoms. The molecule has 0 spiro atoms. The molecule has 0 aliphatic heterocycles. The van der Waals surface area contributed by atoms with E-state index in [9.17, 15) is 9.90 Å². The summed E-state index contributed by atoms with van der Waals surface area (Å²) in [6, 6.07) is 3.85. The lowest BCUT2D eigenvalue weighted by Crippen LogP contribution is -2.01. The maximum absolute atomic E-state index is 11.3. The number of hydrogen-bond acceptors (Lipinski definition) is 1. The Hall–Kier alpha value is -1.77. The van der Waals surface area contributed by atoms with Crippen LogP contribution in [-0.2, 0) is 6.54 Å². The van der Waals surface area contributed by atoms with Gasteiger partial charge in [-0.2, -0.15) is 0 Å². The molecule has 108 valence electrons. The fourth-order valence-corrected chi connectivity index (χ4v) is 2.67. The van der Waals surface area contributed by atoms with Gasteiger partial charge in [0.25, 0.3) is 0 Å². The van der Waals surface area contributed by atoms with Crippen LogP contribution in [0.4, 0.5) is 0 Å². The third-order valence-electron chi connectivity index (χ3n) is 3.86. The number of aromatic carboxylic acids is 1. The predicted molar refractivity (Wildman–Crippen MR) is 82.6 cm³/mol. The van der Waals surface area contributed by atoms with Crippen LogP contribution < -0.4 is 0 Å². The number of carbonyl (C=O) groups is 1. The first kappa shape index (κ1) is 14.6. The lowest BCUT2D eigenvalue weighted by atomic mass is 9.99. The maximum atomic E-state index is 11.3. The summed E-state index contributed by atoms with van der Waals surface area (Å²) in [6.45, 7) is 9.35. The van der Waals surface area contributed by atoms with E-state index in [-0.39, 0.29) is 0 Å². The van der Waals surface area contributed by atoms with Crippen molar-refractivity contribution in [3.8, 4) is 0 Å².